The fourth-order valence-corrected chi connectivity index (χ4v) is 4.88. The van der Waals surface area contributed by atoms with Crippen LogP contribution in [0.3, 0.4) is 0 Å². The fourth-order valence-electron chi connectivity index (χ4n) is 4.88. The molecule has 2 fully saturated rings. The van der Waals surface area contributed by atoms with Crippen molar-refractivity contribution in [1.29, 1.82) is 0 Å². The maximum absolute atomic E-state index is 13.8. The fraction of sp³-hybridized carbons (Fsp3) is 0.440. The summed E-state index contributed by atoms with van der Waals surface area (Å²) >= 11 is 0. The van der Waals surface area contributed by atoms with Crippen molar-refractivity contribution in [3.05, 3.63) is 60.0 Å². The quantitative estimate of drug-likeness (QED) is 0.603. The molecule has 2 aromatic carbocycles. The summed E-state index contributed by atoms with van der Waals surface area (Å²) in [6.45, 7) is 3.43. The Hall–Kier alpha value is -2.93. The van der Waals surface area contributed by atoms with Crippen LogP contribution >= 0.6 is 0 Å². The normalized spacial score (nSPS) is 18.8. The van der Waals surface area contributed by atoms with Gasteiger partial charge < -0.3 is 14.2 Å². The standard InChI is InChI=1S/C25H28FN3O3/c26-21-6-2-4-8-24(21)31-19-11-15-28(16-12-19)18-9-13-29(14-10-18)25(30)17-22-20-5-1-3-7-23(20)32-27-22/h1-8,18-19H,9-17H2. The number of nitrogens with zero attached hydrogens (tertiary/aromatic N) is 3. The summed E-state index contributed by atoms with van der Waals surface area (Å²) in [7, 11) is 0. The molecule has 6 nitrogen and oxygen atoms in total. The lowest BCUT2D eigenvalue weighted by Crippen LogP contribution is -2.50. The highest BCUT2D eigenvalue weighted by Crippen LogP contribution is 2.26. The van der Waals surface area contributed by atoms with Crippen LogP contribution in [0, 0.1) is 5.82 Å². The summed E-state index contributed by atoms with van der Waals surface area (Å²) in [6.07, 6.45) is 4.08. The summed E-state index contributed by atoms with van der Waals surface area (Å²) < 4.78 is 25.0. The lowest BCUT2D eigenvalue weighted by molar-refractivity contribution is -0.132. The SMILES string of the molecule is O=C(Cc1noc2ccccc12)N1CCC(N2CCC(Oc3ccccc3F)CC2)CC1. The third kappa shape index (κ3) is 4.48. The van der Waals surface area contributed by atoms with Crippen molar-refractivity contribution in [2.45, 2.75) is 44.2 Å². The van der Waals surface area contributed by atoms with E-state index in [1.165, 1.54) is 6.07 Å². The van der Waals surface area contributed by atoms with Gasteiger partial charge in [0.05, 0.1) is 6.42 Å². The van der Waals surface area contributed by atoms with Crippen LogP contribution in [-0.2, 0) is 11.2 Å². The number of hydrogen-bond acceptors (Lipinski definition) is 5. The Morgan fingerprint density at radius 2 is 1.72 bits per heavy atom. The Morgan fingerprint density at radius 3 is 2.50 bits per heavy atom. The summed E-state index contributed by atoms with van der Waals surface area (Å²) in [4.78, 5) is 17.3. The number of halogens is 1. The molecule has 2 aliphatic heterocycles. The van der Waals surface area contributed by atoms with E-state index >= 15 is 0 Å². The molecule has 1 aromatic heterocycles. The van der Waals surface area contributed by atoms with Gasteiger partial charge in [-0.15, -0.1) is 0 Å². The molecule has 7 heteroatoms. The Morgan fingerprint density at radius 1 is 1.00 bits per heavy atom. The summed E-state index contributed by atoms with van der Waals surface area (Å²) in [5, 5.41) is 5.01. The molecule has 0 unspecified atom stereocenters. The second kappa shape index (κ2) is 9.28. The maximum Gasteiger partial charge on any atom is 0.228 e. The largest absolute Gasteiger partial charge is 0.487 e. The molecule has 0 saturated carbocycles. The predicted octanol–water partition coefficient (Wildman–Crippen LogP) is 4.04. The highest BCUT2D eigenvalue weighted by atomic mass is 19.1. The Labute approximate surface area is 186 Å². The number of amides is 1. The molecule has 168 valence electrons. The Kier molecular flexibility index (Phi) is 6.08. The van der Waals surface area contributed by atoms with Gasteiger partial charge in [-0.3, -0.25) is 9.69 Å². The molecule has 2 saturated heterocycles. The minimum absolute atomic E-state index is 0.0575. The van der Waals surface area contributed by atoms with Crippen molar-refractivity contribution in [2.75, 3.05) is 26.2 Å². The topological polar surface area (TPSA) is 58.8 Å². The average molecular weight is 438 g/mol. The van der Waals surface area contributed by atoms with Gasteiger partial charge in [-0.25, -0.2) is 4.39 Å². The first-order valence-electron chi connectivity index (χ1n) is 11.4. The maximum atomic E-state index is 13.8. The van der Waals surface area contributed by atoms with Crippen LogP contribution in [0.2, 0.25) is 0 Å². The molecule has 32 heavy (non-hydrogen) atoms. The molecule has 0 spiro atoms. The number of carbonyl (C=O) groups excluding carboxylic acids is 1. The van der Waals surface area contributed by atoms with E-state index in [2.05, 4.69) is 10.1 Å². The molecule has 1 amide bonds. The van der Waals surface area contributed by atoms with E-state index in [1.54, 1.807) is 18.2 Å². The lowest BCUT2D eigenvalue weighted by atomic mass is 9.98. The van der Waals surface area contributed by atoms with E-state index in [1.807, 2.05) is 29.2 Å². The van der Waals surface area contributed by atoms with Crippen LogP contribution in [-0.4, -0.2) is 59.2 Å². The highest BCUT2D eigenvalue weighted by molar-refractivity contribution is 5.86. The number of likely N-dealkylation sites (tertiary alicyclic amines) is 2. The number of carbonyl (C=O) groups is 1. The first kappa shape index (κ1) is 20.9. The number of aromatic nitrogens is 1. The van der Waals surface area contributed by atoms with Crippen molar-refractivity contribution >= 4 is 16.9 Å². The third-order valence-electron chi connectivity index (χ3n) is 6.71. The van der Waals surface area contributed by atoms with Gasteiger partial charge in [0.15, 0.2) is 17.1 Å². The van der Waals surface area contributed by atoms with Crippen LogP contribution < -0.4 is 4.74 Å². The van der Waals surface area contributed by atoms with Crippen molar-refractivity contribution in [3.8, 4) is 5.75 Å². The van der Waals surface area contributed by atoms with E-state index in [-0.39, 0.29) is 24.2 Å². The highest BCUT2D eigenvalue weighted by Gasteiger charge is 2.30. The Bertz CT molecular complexity index is 1070. The zero-order valence-electron chi connectivity index (χ0n) is 18.1. The van der Waals surface area contributed by atoms with Crippen molar-refractivity contribution in [2.24, 2.45) is 0 Å². The second-order valence-corrected chi connectivity index (χ2v) is 8.70. The molecule has 2 aliphatic rings. The van der Waals surface area contributed by atoms with Gasteiger partial charge in [-0.05, 0) is 49.9 Å². The average Bonchev–Trinajstić information content (AvgIpc) is 3.24. The summed E-state index contributed by atoms with van der Waals surface area (Å²) in [6, 6.07) is 14.7. The minimum Gasteiger partial charge on any atom is -0.487 e. The number of fused-ring (bicyclic) bond motifs is 1. The first-order chi connectivity index (χ1) is 15.7. The van der Waals surface area contributed by atoms with Gasteiger partial charge >= 0.3 is 0 Å². The molecule has 3 heterocycles. The van der Waals surface area contributed by atoms with Crippen molar-refractivity contribution < 1.29 is 18.4 Å². The number of rotatable bonds is 5. The molecular weight excluding hydrogens is 409 g/mol. The predicted molar refractivity (Wildman–Crippen MR) is 119 cm³/mol. The van der Waals surface area contributed by atoms with Crippen molar-refractivity contribution in [1.82, 2.24) is 15.0 Å². The van der Waals surface area contributed by atoms with Gasteiger partial charge in [0.25, 0.3) is 0 Å². The zero-order chi connectivity index (χ0) is 21.9. The number of ether oxygens (including phenoxy) is 1. The van der Waals surface area contributed by atoms with Crippen LogP contribution in [0.1, 0.15) is 31.4 Å². The molecule has 0 aliphatic carbocycles. The second-order valence-electron chi connectivity index (χ2n) is 8.70. The smallest absolute Gasteiger partial charge is 0.228 e. The van der Waals surface area contributed by atoms with Gasteiger partial charge in [-0.2, -0.15) is 0 Å². The Balaban J connectivity index is 1.09. The van der Waals surface area contributed by atoms with Crippen LogP contribution in [0.25, 0.3) is 11.0 Å². The number of para-hydroxylation sites is 2. The molecule has 0 N–H and O–H groups in total. The third-order valence-corrected chi connectivity index (χ3v) is 6.71. The zero-order valence-corrected chi connectivity index (χ0v) is 18.1. The van der Waals surface area contributed by atoms with E-state index in [9.17, 15) is 9.18 Å². The lowest BCUT2D eigenvalue weighted by Gasteiger charge is -2.41. The molecule has 3 aromatic rings. The van der Waals surface area contributed by atoms with Crippen LogP contribution in [0.4, 0.5) is 4.39 Å². The number of piperidine rings is 2. The summed E-state index contributed by atoms with van der Waals surface area (Å²) in [5.74, 6) is 0.155. The molecule has 5 rings (SSSR count). The molecule has 0 bridgehead atoms. The van der Waals surface area contributed by atoms with Crippen LogP contribution in [0.5, 0.6) is 5.75 Å². The van der Waals surface area contributed by atoms with E-state index in [4.69, 9.17) is 9.26 Å². The van der Waals surface area contributed by atoms with E-state index < -0.39 is 0 Å². The molecular formula is C25H28FN3O3. The van der Waals surface area contributed by atoms with Gasteiger partial charge in [0.2, 0.25) is 5.91 Å². The molecule has 0 radical (unpaired) electrons. The number of hydrogen-bond donors (Lipinski definition) is 0. The number of benzene rings is 2. The molecule has 0 atom stereocenters. The van der Waals surface area contributed by atoms with Gasteiger partial charge in [0, 0.05) is 37.6 Å². The monoisotopic (exact) mass is 437 g/mol. The van der Waals surface area contributed by atoms with E-state index in [0.29, 0.717) is 17.5 Å². The van der Waals surface area contributed by atoms with Gasteiger partial charge in [0.1, 0.15) is 11.8 Å². The van der Waals surface area contributed by atoms with Gasteiger partial charge in [-0.1, -0.05) is 29.4 Å². The minimum atomic E-state index is -0.300. The van der Waals surface area contributed by atoms with Crippen LogP contribution in [0.15, 0.2) is 53.1 Å². The van der Waals surface area contributed by atoms with Crippen molar-refractivity contribution in [3.63, 3.8) is 0 Å². The first-order valence-corrected chi connectivity index (χ1v) is 11.4. The van der Waals surface area contributed by atoms with E-state index in [0.717, 1.165) is 62.8 Å². The summed E-state index contributed by atoms with van der Waals surface area (Å²) in [5.41, 5.74) is 1.43.